The van der Waals surface area contributed by atoms with Gasteiger partial charge in [-0.15, -0.1) is 0 Å². The highest BCUT2D eigenvalue weighted by Gasteiger charge is 2.22. The van der Waals surface area contributed by atoms with Crippen molar-refractivity contribution in [1.82, 2.24) is 8.96 Å². The van der Waals surface area contributed by atoms with Gasteiger partial charge in [-0.2, -0.15) is 0 Å². The van der Waals surface area contributed by atoms with E-state index in [1.165, 1.54) is 24.4 Å². The monoisotopic (exact) mass is 464 g/mol. The normalized spacial score (nSPS) is 11.4. The molecule has 0 unspecified atom stereocenters. The summed E-state index contributed by atoms with van der Waals surface area (Å²) in [6.45, 7) is 0.300. The number of aldehydes is 1. The molecule has 0 fully saturated rings. The average molecular weight is 464 g/mol. The number of benzene rings is 2. The Kier molecular flexibility index (Phi) is 6.23. The number of nitrogens with zero attached hydrogens (tertiary/aromatic N) is 2. The van der Waals surface area contributed by atoms with Crippen LogP contribution in [0.3, 0.4) is 0 Å². The standard InChI is InChI=1S/C24H20N2O6S/c27-15-17-3-9-23-22(12-17)19(4-10-24(28)29)14-26(23)33(30,31)21-7-5-20(6-8-21)32-16-18-2-1-11-25-13-18/h1-3,5-9,11-15H,4,10,16H2,(H,28,29). The van der Waals surface area contributed by atoms with Crippen molar-refractivity contribution in [3.05, 3.63) is 89.9 Å². The van der Waals surface area contributed by atoms with E-state index >= 15 is 0 Å². The summed E-state index contributed by atoms with van der Waals surface area (Å²) in [5, 5.41) is 9.57. The Balaban J connectivity index is 1.65. The first kappa shape index (κ1) is 22.2. The maximum Gasteiger partial charge on any atom is 0.303 e. The summed E-state index contributed by atoms with van der Waals surface area (Å²) in [5.74, 6) is -0.486. The molecule has 0 aliphatic heterocycles. The van der Waals surface area contributed by atoms with Gasteiger partial charge in [0, 0.05) is 41.5 Å². The molecule has 2 aromatic heterocycles. The molecule has 0 spiro atoms. The molecule has 0 aliphatic carbocycles. The quantitative estimate of drug-likeness (QED) is 0.376. The van der Waals surface area contributed by atoms with E-state index in [1.54, 1.807) is 42.7 Å². The fourth-order valence-corrected chi connectivity index (χ4v) is 4.86. The summed E-state index contributed by atoms with van der Waals surface area (Å²) in [7, 11) is -3.97. The second kappa shape index (κ2) is 9.25. The lowest BCUT2D eigenvalue weighted by Gasteiger charge is -2.10. The number of pyridine rings is 1. The van der Waals surface area contributed by atoms with Gasteiger partial charge < -0.3 is 9.84 Å². The van der Waals surface area contributed by atoms with Crippen LogP contribution in [-0.2, 0) is 27.8 Å². The molecular weight excluding hydrogens is 444 g/mol. The van der Waals surface area contributed by atoms with Crippen LogP contribution >= 0.6 is 0 Å². The van der Waals surface area contributed by atoms with Crippen LogP contribution in [-0.4, -0.2) is 34.7 Å². The molecule has 2 heterocycles. The van der Waals surface area contributed by atoms with Crippen molar-refractivity contribution in [3.8, 4) is 5.75 Å². The van der Waals surface area contributed by atoms with Crippen molar-refractivity contribution in [3.63, 3.8) is 0 Å². The summed E-state index contributed by atoms with van der Waals surface area (Å²) in [6, 6.07) is 14.4. The van der Waals surface area contributed by atoms with Gasteiger partial charge >= 0.3 is 5.97 Å². The Hall–Kier alpha value is -3.98. The SMILES string of the molecule is O=Cc1ccc2c(c1)c(CCC(=O)O)cn2S(=O)(=O)c1ccc(OCc2cccnc2)cc1. The number of carbonyl (C=O) groups is 2. The molecule has 0 atom stereocenters. The molecule has 168 valence electrons. The molecule has 0 saturated heterocycles. The number of ether oxygens (including phenoxy) is 1. The third-order valence-electron chi connectivity index (χ3n) is 5.13. The summed E-state index contributed by atoms with van der Waals surface area (Å²) < 4.78 is 33.6. The molecule has 33 heavy (non-hydrogen) atoms. The predicted octanol–water partition coefficient (Wildman–Crippen LogP) is 3.68. The number of fused-ring (bicyclic) bond motifs is 1. The molecule has 4 rings (SSSR count). The second-order valence-electron chi connectivity index (χ2n) is 7.36. The number of rotatable bonds is 9. The van der Waals surface area contributed by atoms with Crippen LogP contribution in [0, 0.1) is 0 Å². The highest BCUT2D eigenvalue weighted by Crippen LogP contribution is 2.28. The third-order valence-corrected chi connectivity index (χ3v) is 6.82. The minimum atomic E-state index is -3.97. The van der Waals surface area contributed by atoms with E-state index in [0.29, 0.717) is 40.7 Å². The van der Waals surface area contributed by atoms with E-state index in [0.717, 1.165) is 9.54 Å². The molecule has 0 amide bonds. The number of carbonyl (C=O) groups excluding carboxylic acids is 1. The number of carboxylic acid groups (broad SMARTS) is 1. The van der Waals surface area contributed by atoms with Crippen molar-refractivity contribution in [2.24, 2.45) is 0 Å². The minimum absolute atomic E-state index is 0.0531. The topological polar surface area (TPSA) is 116 Å². The van der Waals surface area contributed by atoms with E-state index in [9.17, 15) is 18.0 Å². The first-order valence-corrected chi connectivity index (χ1v) is 11.5. The van der Waals surface area contributed by atoms with Gasteiger partial charge in [-0.05, 0) is 60.5 Å². The Bertz CT molecular complexity index is 1410. The maximum atomic E-state index is 13.4. The number of aromatic nitrogens is 2. The van der Waals surface area contributed by atoms with Crippen LogP contribution in [0.5, 0.6) is 5.75 Å². The largest absolute Gasteiger partial charge is 0.489 e. The van der Waals surface area contributed by atoms with Gasteiger partial charge in [0.1, 0.15) is 18.6 Å². The smallest absolute Gasteiger partial charge is 0.303 e. The maximum absolute atomic E-state index is 13.4. The predicted molar refractivity (Wildman–Crippen MR) is 121 cm³/mol. The highest BCUT2D eigenvalue weighted by molar-refractivity contribution is 7.90. The first-order chi connectivity index (χ1) is 15.9. The van der Waals surface area contributed by atoms with Gasteiger partial charge in [0.25, 0.3) is 10.0 Å². The summed E-state index contributed by atoms with van der Waals surface area (Å²) in [4.78, 5) is 26.3. The van der Waals surface area contributed by atoms with Crippen molar-refractivity contribution < 1.29 is 27.9 Å². The Morgan fingerprint density at radius 3 is 2.58 bits per heavy atom. The lowest BCUT2D eigenvalue weighted by Crippen LogP contribution is -2.12. The lowest BCUT2D eigenvalue weighted by molar-refractivity contribution is -0.136. The molecule has 2 aromatic carbocycles. The molecule has 9 heteroatoms. The average Bonchev–Trinajstić information content (AvgIpc) is 3.21. The van der Waals surface area contributed by atoms with Gasteiger partial charge in [0.2, 0.25) is 0 Å². The van der Waals surface area contributed by atoms with Crippen LogP contribution in [0.4, 0.5) is 0 Å². The molecule has 0 bridgehead atoms. The zero-order chi connectivity index (χ0) is 23.4. The summed E-state index contributed by atoms with van der Waals surface area (Å²) in [6.07, 6.45) is 5.42. The number of aliphatic carboxylic acids is 1. The van der Waals surface area contributed by atoms with Crippen molar-refractivity contribution in [2.75, 3.05) is 0 Å². The lowest BCUT2D eigenvalue weighted by atomic mass is 10.1. The van der Waals surface area contributed by atoms with E-state index in [1.807, 2.05) is 6.07 Å². The third kappa shape index (κ3) is 4.78. The van der Waals surface area contributed by atoms with Crippen LogP contribution in [0.15, 0.2) is 78.1 Å². The van der Waals surface area contributed by atoms with Crippen LogP contribution < -0.4 is 4.74 Å². The summed E-state index contributed by atoms with van der Waals surface area (Å²) in [5.41, 5.74) is 2.18. The van der Waals surface area contributed by atoms with Gasteiger partial charge in [0.15, 0.2) is 0 Å². The van der Waals surface area contributed by atoms with Crippen LogP contribution in [0.25, 0.3) is 10.9 Å². The molecule has 8 nitrogen and oxygen atoms in total. The second-order valence-corrected chi connectivity index (χ2v) is 9.18. The van der Waals surface area contributed by atoms with E-state index in [-0.39, 0.29) is 17.7 Å². The van der Waals surface area contributed by atoms with E-state index in [4.69, 9.17) is 9.84 Å². The number of aryl methyl sites for hydroxylation is 1. The van der Waals surface area contributed by atoms with Gasteiger partial charge in [-0.1, -0.05) is 6.07 Å². The molecule has 0 aliphatic rings. The summed E-state index contributed by atoms with van der Waals surface area (Å²) >= 11 is 0. The Morgan fingerprint density at radius 1 is 1.12 bits per heavy atom. The van der Waals surface area contributed by atoms with E-state index in [2.05, 4.69) is 4.98 Å². The van der Waals surface area contributed by atoms with Gasteiger partial charge in [-0.3, -0.25) is 14.6 Å². The molecular formula is C24H20N2O6S. The zero-order valence-corrected chi connectivity index (χ0v) is 18.2. The van der Waals surface area contributed by atoms with E-state index < -0.39 is 16.0 Å². The van der Waals surface area contributed by atoms with Gasteiger partial charge in [-0.25, -0.2) is 12.4 Å². The highest BCUT2D eigenvalue weighted by atomic mass is 32.2. The fourth-order valence-electron chi connectivity index (χ4n) is 3.47. The number of hydrogen-bond acceptors (Lipinski definition) is 6. The van der Waals surface area contributed by atoms with Crippen LogP contribution in [0.2, 0.25) is 0 Å². The molecule has 0 saturated carbocycles. The van der Waals surface area contributed by atoms with Gasteiger partial charge in [0.05, 0.1) is 10.4 Å². The molecule has 4 aromatic rings. The minimum Gasteiger partial charge on any atom is -0.489 e. The first-order valence-electron chi connectivity index (χ1n) is 10.1. The molecule has 0 radical (unpaired) electrons. The van der Waals surface area contributed by atoms with Crippen molar-refractivity contribution in [2.45, 2.75) is 24.3 Å². The van der Waals surface area contributed by atoms with Crippen molar-refractivity contribution in [1.29, 1.82) is 0 Å². The van der Waals surface area contributed by atoms with Crippen LogP contribution in [0.1, 0.15) is 27.9 Å². The Labute approximate surface area is 190 Å². The molecule has 1 N–H and O–H groups in total. The van der Waals surface area contributed by atoms with Crippen molar-refractivity contribution >= 4 is 33.2 Å². The zero-order valence-electron chi connectivity index (χ0n) is 17.4. The number of carboxylic acids is 1. The Morgan fingerprint density at radius 2 is 1.91 bits per heavy atom. The number of hydrogen-bond donors (Lipinski definition) is 1. The fraction of sp³-hybridized carbons (Fsp3) is 0.125.